The van der Waals surface area contributed by atoms with Crippen molar-refractivity contribution in [2.45, 2.75) is 45.6 Å². The average molecular weight is 241 g/mol. The topological polar surface area (TPSA) is 12.0 Å². The van der Waals surface area contributed by atoms with E-state index in [-0.39, 0.29) is 0 Å². The van der Waals surface area contributed by atoms with Gasteiger partial charge in [-0.05, 0) is 56.8 Å². The van der Waals surface area contributed by atoms with Gasteiger partial charge in [0.2, 0.25) is 0 Å². The van der Waals surface area contributed by atoms with Crippen molar-refractivity contribution in [2.75, 3.05) is 6.54 Å². The Hall–Kier alpha value is -0.960. The quantitative estimate of drug-likeness (QED) is 0.768. The zero-order chi connectivity index (χ0) is 12.7. The van der Waals surface area contributed by atoms with Crippen molar-refractivity contribution in [1.29, 1.82) is 0 Å². The van der Waals surface area contributed by atoms with Gasteiger partial charge in [-0.15, -0.1) is 0 Å². The Morgan fingerprint density at radius 1 is 1.18 bits per heavy atom. The van der Waals surface area contributed by atoms with Crippen LogP contribution in [0.5, 0.6) is 0 Å². The largest absolute Gasteiger partial charge is 0.314 e. The van der Waals surface area contributed by atoms with Crippen LogP contribution in [-0.2, 0) is 6.42 Å². The van der Waals surface area contributed by atoms with Gasteiger partial charge in [0.1, 0.15) is 11.6 Å². The fourth-order valence-corrected chi connectivity index (χ4v) is 1.86. The van der Waals surface area contributed by atoms with Gasteiger partial charge in [-0.25, -0.2) is 8.78 Å². The van der Waals surface area contributed by atoms with Crippen LogP contribution in [0, 0.1) is 11.6 Å². The first-order chi connectivity index (χ1) is 8.11. The lowest BCUT2D eigenvalue weighted by molar-refractivity contribution is 0.497. The molecule has 0 fully saturated rings. The Bertz CT molecular complexity index is 319. The highest BCUT2D eigenvalue weighted by Crippen LogP contribution is 2.11. The van der Waals surface area contributed by atoms with Crippen LogP contribution < -0.4 is 5.32 Å². The van der Waals surface area contributed by atoms with E-state index in [4.69, 9.17) is 0 Å². The van der Waals surface area contributed by atoms with Gasteiger partial charge in [-0.2, -0.15) is 0 Å². The number of benzene rings is 1. The summed E-state index contributed by atoms with van der Waals surface area (Å²) < 4.78 is 25.9. The molecule has 1 N–H and O–H groups in total. The summed E-state index contributed by atoms with van der Waals surface area (Å²) in [5.41, 5.74) is 0.741. The molecule has 0 bridgehead atoms. The fourth-order valence-electron chi connectivity index (χ4n) is 1.86. The molecule has 0 saturated carbocycles. The lowest BCUT2D eigenvalue weighted by Crippen LogP contribution is -2.26. The minimum Gasteiger partial charge on any atom is -0.314 e. The molecule has 17 heavy (non-hydrogen) atoms. The van der Waals surface area contributed by atoms with Crippen molar-refractivity contribution >= 4 is 0 Å². The van der Waals surface area contributed by atoms with Gasteiger partial charge in [-0.3, -0.25) is 0 Å². The second-order valence-corrected chi connectivity index (χ2v) is 4.53. The smallest absolute Gasteiger partial charge is 0.126 e. The van der Waals surface area contributed by atoms with Crippen molar-refractivity contribution in [3.05, 3.63) is 35.4 Å². The van der Waals surface area contributed by atoms with Crippen LogP contribution in [-0.4, -0.2) is 12.6 Å². The molecule has 0 aromatic heterocycles. The monoisotopic (exact) mass is 241 g/mol. The predicted octanol–water partition coefficient (Wildman–Crippen LogP) is 3.68. The number of rotatable bonds is 7. The number of halogens is 2. The van der Waals surface area contributed by atoms with E-state index in [1.165, 1.54) is 12.1 Å². The van der Waals surface area contributed by atoms with Crippen LogP contribution in [0.1, 0.15) is 38.7 Å². The van der Waals surface area contributed by atoms with E-state index >= 15 is 0 Å². The van der Waals surface area contributed by atoms with E-state index in [9.17, 15) is 8.78 Å². The highest BCUT2D eigenvalue weighted by molar-refractivity contribution is 5.17. The Balaban J connectivity index is 2.30. The first-order valence-electron chi connectivity index (χ1n) is 6.30. The minimum absolute atomic E-state index is 0.466. The van der Waals surface area contributed by atoms with Crippen LogP contribution >= 0.6 is 0 Å². The third-order valence-electron chi connectivity index (χ3n) is 2.77. The van der Waals surface area contributed by atoms with Gasteiger partial charge in [0.25, 0.3) is 0 Å². The molecule has 0 amide bonds. The molecule has 0 aliphatic carbocycles. The van der Waals surface area contributed by atoms with E-state index in [1.54, 1.807) is 0 Å². The van der Waals surface area contributed by atoms with Crippen LogP contribution in [0.4, 0.5) is 8.78 Å². The summed E-state index contributed by atoms with van der Waals surface area (Å²) in [5.74, 6) is -0.977. The average Bonchev–Trinajstić information content (AvgIpc) is 2.25. The fraction of sp³-hybridized carbons (Fsp3) is 0.571. The summed E-state index contributed by atoms with van der Waals surface area (Å²) >= 11 is 0. The molecule has 0 aliphatic heterocycles. The summed E-state index contributed by atoms with van der Waals surface area (Å²) in [7, 11) is 0. The molecule has 1 rings (SSSR count). The van der Waals surface area contributed by atoms with E-state index in [0.29, 0.717) is 6.04 Å². The maximum Gasteiger partial charge on any atom is 0.126 e. The second kappa shape index (κ2) is 7.38. The van der Waals surface area contributed by atoms with E-state index < -0.39 is 11.6 Å². The summed E-state index contributed by atoms with van der Waals surface area (Å²) in [6, 6.07) is 4.20. The maximum absolute atomic E-state index is 12.9. The molecular weight excluding hydrogens is 220 g/mol. The molecule has 0 saturated heterocycles. The van der Waals surface area contributed by atoms with Crippen LogP contribution in [0.15, 0.2) is 18.2 Å². The van der Waals surface area contributed by atoms with Gasteiger partial charge in [-0.1, -0.05) is 6.92 Å². The Morgan fingerprint density at radius 2 is 1.82 bits per heavy atom. The van der Waals surface area contributed by atoms with Gasteiger partial charge in [0.15, 0.2) is 0 Å². The van der Waals surface area contributed by atoms with Crippen molar-refractivity contribution in [1.82, 2.24) is 5.32 Å². The first-order valence-corrected chi connectivity index (χ1v) is 6.30. The molecule has 96 valence electrons. The zero-order valence-corrected chi connectivity index (χ0v) is 10.6. The lowest BCUT2D eigenvalue weighted by Gasteiger charge is -2.12. The number of aryl methyl sites for hydroxylation is 1. The molecule has 1 atom stereocenters. The summed E-state index contributed by atoms with van der Waals surface area (Å²) in [6.45, 7) is 5.30. The molecule has 1 aromatic carbocycles. The molecule has 1 nitrogen and oxygen atoms in total. The molecule has 1 aromatic rings. The normalized spacial score (nSPS) is 12.7. The second-order valence-electron chi connectivity index (χ2n) is 4.53. The molecular formula is C14H21F2N. The SMILES string of the molecule is CCCNC(C)CCCc1cc(F)cc(F)c1. The standard InChI is InChI=1S/C14H21F2N/c1-3-7-17-11(2)5-4-6-12-8-13(15)10-14(16)9-12/h8-11,17H,3-7H2,1-2H3. The summed E-state index contributed by atoms with van der Waals surface area (Å²) in [5, 5.41) is 3.39. The number of hydrogen-bond acceptors (Lipinski definition) is 1. The van der Waals surface area contributed by atoms with Crippen molar-refractivity contribution < 1.29 is 8.78 Å². The van der Waals surface area contributed by atoms with Crippen molar-refractivity contribution in [3.8, 4) is 0 Å². The van der Waals surface area contributed by atoms with E-state index in [2.05, 4.69) is 19.2 Å². The summed E-state index contributed by atoms with van der Waals surface area (Å²) in [6.07, 6.45) is 3.82. The molecule has 0 heterocycles. The molecule has 0 spiro atoms. The Morgan fingerprint density at radius 3 is 2.41 bits per heavy atom. The minimum atomic E-state index is -0.489. The molecule has 3 heteroatoms. The third-order valence-corrected chi connectivity index (χ3v) is 2.77. The Kier molecular flexibility index (Phi) is 6.12. The lowest BCUT2D eigenvalue weighted by atomic mass is 10.1. The van der Waals surface area contributed by atoms with Crippen LogP contribution in [0.2, 0.25) is 0 Å². The molecule has 0 aliphatic rings. The molecule has 0 radical (unpaired) electrons. The van der Waals surface area contributed by atoms with Gasteiger partial charge < -0.3 is 5.32 Å². The van der Waals surface area contributed by atoms with E-state index in [1.807, 2.05) is 0 Å². The van der Waals surface area contributed by atoms with Crippen molar-refractivity contribution in [2.24, 2.45) is 0 Å². The van der Waals surface area contributed by atoms with Crippen LogP contribution in [0.3, 0.4) is 0 Å². The first kappa shape index (κ1) is 14.1. The number of hydrogen-bond donors (Lipinski definition) is 1. The van der Waals surface area contributed by atoms with Crippen molar-refractivity contribution in [3.63, 3.8) is 0 Å². The zero-order valence-electron chi connectivity index (χ0n) is 10.6. The predicted molar refractivity (Wildman–Crippen MR) is 67.1 cm³/mol. The van der Waals surface area contributed by atoms with Gasteiger partial charge >= 0.3 is 0 Å². The maximum atomic E-state index is 12.9. The highest BCUT2D eigenvalue weighted by Gasteiger charge is 2.03. The summed E-state index contributed by atoms with van der Waals surface area (Å²) in [4.78, 5) is 0. The van der Waals surface area contributed by atoms with Gasteiger partial charge in [0, 0.05) is 12.1 Å². The van der Waals surface area contributed by atoms with Gasteiger partial charge in [0.05, 0.1) is 0 Å². The Labute approximate surface area is 102 Å². The number of nitrogens with one attached hydrogen (secondary N) is 1. The third kappa shape index (κ3) is 5.78. The molecule has 1 unspecified atom stereocenters. The van der Waals surface area contributed by atoms with E-state index in [0.717, 1.165) is 43.9 Å². The highest BCUT2D eigenvalue weighted by atomic mass is 19.1. The van der Waals surface area contributed by atoms with Crippen LogP contribution in [0.25, 0.3) is 0 Å².